The Bertz CT molecular complexity index is 545. The van der Waals surface area contributed by atoms with Crippen molar-refractivity contribution in [2.75, 3.05) is 5.32 Å². The quantitative estimate of drug-likeness (QED) is 0.826. The molecule has 0 unspecified atom stereocenters. The minimum Gasteiger partial charge on any atom is -0.305 e. The van der Waals surface area contributed by atoms with Crippen LogP contribution in [0, 0.1) is 17.4 Å². The van der Waals surface area contributed by atoms with E-state index in [0.29, 0.717) is 11.4 Å². The smallest absolute Gasteiger partial charge is 0.256 e. The highest BCUT2D eigenvalue weighted by atomic mass is 127. The minimum atomic E-state index is -0.143. The monoisotopic (exact) mass is 341 g/mol. The Kier molecular flexibility index (Phi) is 3.46. The van der Waals surface area contributed by atoms with E-state index in [1.165, 1.54) is 0 Å². The molecule has 0 aliphatic carbocycles. The van der Waals surface area contributed by atoms with Gasteiger partial charge in [0.25, 0.3) is 5.91 Å². The number of rotatable bonds is 2. The van der Waals surface area contributed by atoms with Crippen LogP contribution in [0.5, 0.6) is 0 Å². The number of carbonyl (C=O) groups is 1. The van der Waals surface area contributed by atoms with Crippen molar-refractivity contribution in [1.29, 1.82) is 0 Å². The maximum Gasteiger partial charge on any atom is 0.256 e. The lowest BCUT2D eigenvalue weighted by Crippen LogP contribution is -2.12. The van der Waals surface area contributed by atoms with Gasteiger partial charge in [-0.1, -0.05) is 0 Å². The number of aromatic amines is 1. The molecule has 1 aromatic carbocycles. The molecule has 0 fully saturated rings. The Hall–Kier alpha value is -1.37. The van der Waals surface area contributed by atoms with Crippen molar-refractivity contribution in [3.63, 3.8) is 0 Å². The topological polar surface area (TPSA) is 57.8 Å². The summed E-state index contributed by atoms with van der Waals surface area (Å²) < 4.78 is 1.10. The predicted molar refractivity (Wildman–Crippen MR) is 75.2 cm³/mol. The summed E-state index contributed by atoms with van der Waals surface area (Å²) in [7, 11) is 0. The molecule has 5 heteroatoms. The van der Waals surface area contributed by atoms with Crippen LogP contribution in [0.1, 0.15) is 21.6 Å². The first-order valence-electron chi connectivity index (χ1n) is 5.16. The summed E-state index contributed by atoms with van der Waals surface area (Å²) in [5.74, 6) is 0.446. The molecule has 0 saturated heterocycles. The third-order valence-corrected chi connectivity index (χ3v) is 3.31. The van der Waals surface area contributed by atoms with E-state index in [4.69, 9.17) is 0 Å². The molecule has 17 heavy (non-hydrogen) atoms. The second-order valence-corrected chi connectivity index (χ2v) is 5.03. The summed E-state index contributed by atoms with van der Waals surface area (Å²) in [5.41, 5.74) is 2.55. The molecule has 0 aliphatic heterocycles. The maximum absolute atomic E-state index is 11.9. The summed E-state index contributed by atoms with van der Waals surface area (Å²) in [6.07, 6.45) is 0. The van der Waals surface area contributed by atoms with Gasteiger partial charge in [-0.3, -0.25) is 9.89 Å². The number of nitrogens with zero attached hydrogens (tertiary/aromatic N) is 1. The van der Waals surface area contributed by atoms with Gasteiger partial charge < -0.3 is 5.32 Å². The number of H-pyrrole nitrogens is 1. The third-order valence-electron chi connectivity index (χ3n) is 2.59. The average Bonchev–Trinajstić information content (AvgIpc) is 2.62. The van der Waals surface area contributed by atoms with Crippen LogP contribution in [0.4, 0.5) is 5.82 Å². The standard InChI is InChI=1S/C12H12IN3O/c1-7-8(2)15-16-11(7)14-12(17)9-3-5-10(13)6-4-9/h3-6H,1-2H3,(H2,14,15,16,17). The summed E-state index contributed by atoms with van der Waals surface area (Å²) in [6.45, 7) is 3.84. The highest BCUT2D eigenvalue weighted by Crippen LogP contribution is 2.15. The molecule has 1 amide bonds. The molecule has 2 N–H and O–H groups in total. The van der Waals surface area contributed by atoms with Crippen LogP contribution in [0.2, 0.25) is 0 Å². The van der Waals surface area contributed by atoms with Crippen LogP contribution in [-0.4, -0.2) is 16.1 Å². The Labute approximate surface area is 113 Å². The van der Waals surface area contributed by atoms with E-state index in [9.17, 15) is 4.79 Å². The van der Waals surface area contributed by atoms with Gasteiger partial charge in [-0.05, 0) is 60.7 Å². The van der Waals surface area contributed by atoms with Crippen molar-refractivity contribution in [2.45, 2.75) is 13.8 Å². The highest BCUT2D eigenvalue weighted by molar-refractivity contribution is 14.1. The van der Waals surface area contributed by atoms with Gasteiger partial charge in [0, 0.05) is 20.4 Å². The number of benzene rings is 1. The number of aromatic nitrogens is 2. The fourth-order valence-corrected chi connectivity index (χ4v) is 1.75. The van der Waals surface area contributed by atoms with E-state index in [0.717, 1.165) is 14.8 Å². The lowest BCUT2D eigenvalue weighted by Gasteiger charge is -2.03. The molecule has 0 atom stereocenters. The van der Waals surface area contributed by atoms with Gasteiger partial charge in [0.05, 0.1) is 0 Å². The zero-order chi connectivity index (χ0) is 12.4. The van der Waals surface area contributed by atoms with Gasteiger partial charge in [0.15, 0.2) is 5.82 Å². The summed E-state index contributed by atoms with van der Waals surface area (Å²) in [4.78, 5) is 11.9. The Balaban J connectivity index is 2.17. The van der Waals surface area contributed by atoms with Crippen LogP contribution >= 0.6 is 22.6 Å². The van der Waals surface area contributed by atoms with E-state index in [2.05, 4.69) is 38.1 Å². The Morgan fingerprint density at radius 1 is 1.29 bits per heavy atom. The van der Waals surface area contributed by atoms with E-state index >= 15 is 0 Å². The number of anilines is 1. The van der Waals surface area contributed by atoms with Crippen molar-refractivity contribution in [3.05, 3.63) is 44.7 Å². The van der Waals surface area contributed by atoms with E-state index in [-0.39, 0.29) is 5.91 Å². The number of amides is 1. The van der Waals surface area contributed by atoms with Gasteiger partial charge in [0.2, 0.25) is 0 Å². The molecule has 4 nitrogen and oxygen atoms in total. The molecule has 2 aromatic rings. The van der Waals surface area contributed by atoms with E-state index < -0.39 is 0 Å². The molecular weight excluding hydrogens is 329 g/mol. The Morgan fingerprint density at radius 3 is 2.47 bits per heavy atom. The minimum absolute atomic E-state index is 0.143. The fourth-order valence-electron chi connectivity index (χ4n) is 1.39. The van der Waals surface area contributed by atoms with Crippen molar-refractivity contribution in [3.8, 4) is 0 Å². The summed E-state index contributed by atoms with van der Waals surface area (Å²) in [6, 6.07) is 7.40. The van der Waals surface area contributed by atoms with Crippen LogP contribution in [-0.2, 0) is 0 Å². The third kappa shape index (κ3) is 2.66. The van der Waals surface area contributed by atoms with Crippen molar-refractivity contribution in [1.82, 2.24) is 10.2 Å². The first-order valence-corrected chi connectivity index (χ1v) is 6.24. The van der Waals surface area contributed by atoms with Gasteiger partial charge in [0.1, 0.15) is 0 Å². The van der Waals surface area contributed by atoms with Crippen LogP contribution in [0.15, 0.2) is 24.3 Å². The SMILES string of the molecule is Cc1[nH]nc(NC(=O)c2ccc(I)cc2)c1C. The van der Waals surface area contributed by atoms with Gasteiger partial charge in [-0.15, -0.1) is 0 Å². The van der Waals surface area contributed by atoms with Crippen LogP contribution in [0.3, 0.4) is 0 Å². The van der Waals surface area contributed by atoms with E-state index in [1.54, 1.807) is 12.1 Å². The second kappa shape index (κ2) is 4.87. The molecule has 0 aliphatic rings. The molecule has 1 aromatic heterocycles. The normalized spacial score (nSPS) is 10.3. The van der Waals surface area contributed by atoms with Crippen molar-refractivity contribution in [2.24, 2.45) is 0 Å². The molecular formula is C12H12IN3O. The number of carbonyl (C=O) groups excluding carboxylic acids is 1. The zero-order valence-electron chi connectivity index (χ0n) is 9.54. The lowest BCUT2D eigenvalue weighted by atomic mass is 10.2. The predicted octanol–water partition coefficient (Wildman–Crippen LogP) is 2.88. The number of hydrogen-bond donors (Lipinski definition) is 2. The summed E-state index contributed by atoms with van der Waals surface area (Å²) in [5, 5.41) is 9.66. The van der Waals surface area contributed by atoms with Crippen molar-refractivity contribution < 1.29 is 4.79 Å². The zero-order valence-corrected chi connectivity index (χ0v) is 11.7. The number of aryl methyl sites for hydroxylation is 1. The molecule has 0 spiro atoms. The van der Waals surface area contributed by atoms with Gasteiger partial charge in [-0.25, -0.2) is 0 Å². The first kappa shape index (κ1) is 12.1. The van der Waals surface area contributed by atoms with Crippen molar-refractivity contribution >= 4 is 34.3 Å². The molecule has 0 bridgehead atoms. The highest BCUT2D eigenvalue weighted by Gasteiger charge is 2.10. The lowest BCUT2D eigenvalue weighted by molar-refractivity contribution is 0.102. The fraction of sp³-hybridized carbons (Fsp3) is 0.167. The average molecular weight is 341 g/mol. The summed E-state index contributed by atoms with van der Waals surface area (Å²) >= 11 is 2.20. The molecule has 2 rings (SSSR count). The molecule has 0 radical (unpaired) electrons. The second-order valence-electron chi connectivity index (χ2n) is 3.78. The molecule has 1 heterocycles. The first-order chi connectivity index (χ1) is 8.08. The van der Waals surface area contributed by atoms with Crippen LogP contribution in [0.25, 0.3) is 0 Å². The number of halogens is 1. The van der Waals surface area contributed by atoms with Crippen LogP contribution < -0.4 is 5.32 Å². The molecule has 88 valence electrons. The van der Waals surface area contributed by atoms with Gasteiger partial charge in [-0.2, -0.15) is 5.10 Å². The largest absolute Gasteiger partial charge is 0.305 e. The number of hydrogen-bond acceptors (Lipinski definition) is 2. The molecule has 0 saturated carbocycles. The van der Waals surface area contributed by atoms with Gasteiger partial charge >= 0.3 is 0 Å². The maximum atomic E-state index is 11.9. The Morgan fingerprint density at radius 2 is 1.94 bits per heavy atom. The number of nitrogens with one attached hydrogen (secondary N) is 2. The van der Waals surface area contributed by atoms with E-state index in [1.807, 2.05) is 26.0 Å².